The molecule has 0 spiro atoms. The third kappa shape index (κ3) is 2.60. The van der Waals surface area contributed by atoms with E-state index in [0.29, 0.717) is 25.5 Å². The largest absolute Gasteiger partial charge is 0.485 e. The molecule has 6 nitrogen and oxygen atoms in total. The van der Waals surface area contributed by atoms with Gasteiger partial charge in [-0.2, -0.15) is 4.80 Å². The van der Waals surface area contributed by atoms with Gasteiger partial charge in [-0.3, -0.25) is 0 Å². The van der Waals surface area contributed by atoms with Gasteiger partial charge in [0.05, 0.1) is 6.54 Å². The van der Waals surface area contributed by atoms with Gasteiger partial charge in [0.25, 0.3) is 0 Å². The Morgan fingerprint density at radius 2 is 1.95 bits per heavy atom. The summed E-state index contributed by atoms with van der Waals surface area (Å²) in [6, 6.07) is 14.0. The minimum Gasteiger partial charge on any atom is -0.485 e. The van der Waals surface area contributed by atoms with Crippen molar-refractivity contribution in [3.05, 3.63) is 48.3 Å². The molecule has 0 radical (unpaired) electrons. The Hall–Kier alpha value is -2.47. The molecular formula is C14H15N5O. The number of nitrogens with two attached hydrogens (primary N) is 1. The molecule has 0 aliphatic carbocycles. The fraction of sp³-hybridized carbons (Fsp3) is 0.214. The van der Waals surface area contributed by atoms with Gasteiger partial charge >= 0.3 is 0 Å². The maximum Gasteiger partial charge on any atom is 0.212 e. The van der Waals surface area contributed by atoms with Gasteiger partial charge in [-0.15, -0.1) is 10.2 Å². The number of rotatable bonds is 5. The second-order valence-corrected chi connectivity index (χ2v) is 4.36. The van der Waals surface area contributed by atoms with Crippen LogP contribution in [0.2, 0.25) is 0 Å². The lowest BCUT2D eigenvalue weighted by Gasteiger charge is -2.07. The van der Waals surface area contributed by atoms with Crippen LogP contribution >= 0.6 is 0 Å². The Morgan fingerprint density at radius 3 is 2.85 bits per heavy atom. The van der Waals surface area contributed by atoms with Crippen molar-refractivity contribution in [2.75, 3.05) is 6.54 Å². The van der Waals surface area contributed by atoms with E-state index in [1.54, 1.807) is 0 Å². The topological polar surface area (TPSA) is 78.9 Å². The summed E-state index contributed by atoms with van der Waals surface area (Å²) in [5.41, 5.74) is 5.44. The number of nitrogens with zero attached hydrogens (tertiary/aromatic N) is 4. The average Bonchev–Trinajstić information content (AvgIpc) is 2.93. The molecule has 1 aromatic heterocycles. The molecule has 0 aliphatic rings. The van der Waals surface area contributed by atoms with Crippen molar-refractivity contribution in [3.63, 3.8) is 0 Å². The monoisotopic (exact) mass is 269 g/mol. The van der Waals surface area contributed by atoms with Gasteiger partial charge in [-0.1, -0.05) is 36.4 Å². The normalized spacial score (nSPS) is 10.8. The molecule has 0 saturated carbocycles. The van der Waals surface area contributed by atoms with E-state index in [4.69, 9.17) is 10.5 Å². The highest BCUT2D eigenvalue weighted by Gasteiger charge is 2.05. The van der Waals surface area contributed by atoms with Crippen molar-refractivity contribution in [2.24, 2.45) is 5.73 Å². The maximum absolute atomic E-state index is 5.79. The summed E-state index contributed by atoms with van der Waals surface area (Å²) in [5.74, 6) is 1.37. The van der Waals surface area contributed by atoms with Gasteiger partial charge in [0.15, 0.2) is 6.61 Å². The Labute approximate surface area is 116 Å². The zero-order valence-electron chi connectivity index (χ0n) is 10.9. The summed E-state index contributed by atoms with van der Waals surface area (Å²) in [6.07, 6.45) is 0. The SMILES string of the molecule is NCCn1nnc(COc2cccc3ccccc23)n1. The Balaban J connectivity index is 1.76. The van der Waals surface area contributed by atoms with Crippen molar-refractivity contribution in [3.8, 4) is 5.75 Å². The van der Waals surface area contributed by atoms with Crippen LogP contribution in [0.25, 0.3) is 10.8 Å². The van der Waals surface area contributed by atoms with E-state index in [1.165, 1.54) is 4.80 Å². The van der Waals surface area contributed by atoms with E-state index >= 15 is 0 Å². The molecule has 0 bridgehead atoms. The van der Waals surface area contributed by atoms with Crippen molar-refractivity contribution >= 4 is 10.8 Å². The summed E-state index contributed by atoms with van der Waals surface area (Å²) in [5, 5.41) is 14.2. The van der Waals surface area contributed by atoms with E-state index in [1.807, 2.05) is 30.3 Å². The molecule has 0 unspecified atom stereocenters. The molecule has 2 N–H and O–H groups in total. The Morgan fingerprint density at radius 1 is 1.10 bits per heavy atom. The van der Waals surface area contributed by atoms with Crippen LogP contribution in [0.4, 0.5) is 0 Å². The number of aromatic nitrogens is 4. The molecule has 0 aliphatic heterocycles. The first-order valence-electron chi connectivity index (χ1n) is 6.44. The van der Waals surface area contributed by atoms with Crippen molar-refractivity contribution < 1.29 is 4.74 Å². The van der Waals surface area contributed by atoms with Crippen molar-refractivity contribution in [1.29, 1.82) is 0 Å². The summed E-state index contributed by atoms with van der Waals surface area (Å²) in [7, 11) is 0. The minimum atomic E-state index is 0.290. The smallest absolute Gasteiger partial charge is 0.212 e. The molecule has 1 heterocycles. The number of ether oxygens (including phenoxy) is 1. The number of hydrogen-bond donors (Lipinski definition) is 1. The van der Waals surface area contributed by atoms with Gasteiger partial charge < -0.3 is 10.5 Å². The van der Waals surface area contributed by atoms with Crippen LogP contribution in [0.15, 0.2) is 42.5 Å². The number of hydrogen-bond acceptors (Lipinski definition) is 5. The highest BCUT2D eigenvalue weighted by atomic mass is 16.5. The molecule has 0 saturated heterocycles. The van der Waals surface area contributed by atoms with Crippen LogP contribution in [0.1, 0.15) is 5.82 Å². The first kappa shape index (κ1) is 12.6. The van der Waals surface area contributed by atoms with E-state index in [9.17, 15) is 0 Å². The lowest BCUT2D eigenvalue weighted by molar-refractivity contribution is 0.298. The summed E-state index contributed by atoms with van der Waals surface area (Å²) >= 11 is 0. The maximum atomic E-state index is 5.79. The van der Waals surface area contributed by atoms with Crippen LogP contribution < -0.4 is 10.5 Å². The summed E-state index contributed by atoms with van der Waals surface area (Å²) in [6.45, 7) is 1.33. The third-order valence-corrected chi connectivity index (χ3v) is 2.93. The van der Waals surface area contributed by atoms with Crippen LogP contribution in [0, 0.1) is 0 Å². The second-order valence-electron chi connectivity index (χ2n) is 4.36. The molecule has 6 heteroatoms. The lowest BCUT2D eigenvalue weighted by atomic mass is 10.1. The zero-order chi connectivity index (χ0) is 13.8. The molecule has 0 atom stereocenters. The van der Waals surface area contributed by atoms with E-state index in [0.717, 1.165) is 16.5 Å². The van der Waals surface area contributed by atoms with Crippen molar-refractivity contribution in [1.82, 2.24) is 20.2 Å². The molecule has 3 rings (SSSR count). The predicted molar refractivity (Wildman–Crippen MR) is 75.2 cm³/mol. The van der Waals surface area contributed by atoms with Gasteiger partial charge in [-0.25, -0.2) is 0 Å². The molecular weight excluding hydrogens is 254 g/mol. The average molecular weight is 269 g/mol. The van der Waals surface area contributed by atoms with E-state index in [-0.39, 0.29) is 0 Å². The minimum absolute atomic E-state index is 0.290. The van der Waals surface area contributed by atoms with Crippen LogP contribution in [-0.2, 0) is 13.2 Å². The first-order chi connectivity index (χ1) is 9.86. The van der Waals surface area contributed by atoms with E-state index in [2.05, 4.69) is 27.5 Å². The van der Waals surface area contributed by atoms with E-state index < -0.39 is 0 Å². The van der Waals surface area contributed by atoms with Gasteiger partial charge in [0.1, 0.15) is 5.75 Å². The van der Waals surface area contributed by atoms with Crippen molar-refractivity contribution in [2.45, 2.75) is 13.2 Å². The predicted octanol–water partition coefficient (Wildman–Crippen LogP) is 1.36. The highest BCUT2D eigenvalue weighted by Crippen LogP contribution is 2.25. The van der Waals surface area contributed by atoms with Gasteiger partial charge in [0, 0.05) is 11.9 Å². The summed E-state index contributed by atoms with van der Waals surface area (Å²) in [4.78, 5) is 1.47. The molecule has 2 aromatic carbocycles. The van der Waals surface area contributed by atoms with Gasteiger partial charge in [0.2, 0.25) is 5.82 Å². The number of tetrazole rings is 1. The fourth-order valence-electron chi connectivity index (χ4n) is 2.01. The highest BCUT2D eigenvalue weighted by molar-refractivity contribution is 5.88. The fourth-order valence-corrected chi connectivity index (χ4v) is 2.01. The zero-order valence-corrected chi connectivity index (χ0v) is 10.9. The third-order valence-electron chi connectivity index (χ3n) is 2.93. The Kier molecular flexibility index (Phi) is 3.56. The summed E-state index contributed by atoms with van der Waals surface area (Å²) < 4.78 is 5.79. The molecule has 20 heavy (non-hydrogen) atoms. The standard InChI is InChI=1S/C14H15N5O/c15-8-9-19-17-14(16-18-19)10-20-13-7-3-5-11-4-1-2-6-12(11)13/h1-7H,8-10,15H2. The quantitative estimate of drug-likeness (QED) is 0.756. The second kappa shape index (κ2) is 5.66. The van der Waals surface area contributed by atoms with Crippen LogP contribution in [0.5, 0.6) is 5.75 Å². The molecule has 3 aromatic rings. The van der Waals surface area contributed by atoms with Crippen LogP contribution in [-0.4, -0.2) is 26.8 Å². The Bertz CT molecular complexity index is 704. The lowest BCUT2D eigenvalue weighted by Crippen LogP contribution is -2.12. The molecule has 0 amide bonds. The van der Waals surface area contributed by atoms with Crippen LogP contribution in [0.3, 0.4) is 0 Å². The first-order valence-corrected chi connectivity index (χ1v) is 6.44. The molecule has 102 valence electrons. The molecule has 0 fully saturated rings. The number of fused-ring (bicyclic) bond motifs is 1. The van der Waals surface area contributed by atoms with Gasteiger partial charge in [-0.05, 0) is 16.7 Å². The number of benzene rings is 2.